The molecular weight excluding hydrogens is 362 g/mol. The van der Waals surface area contributed by atoms with E-state index in [0.29, 0.717) is 21.4 Å². The summed E-state index contributed by atoms with van der Waals surface area (Å²) in [4.78, 5) is 30.2. The second-order valence-electron chi connectivity index (χ2n) is 5.82. The molecule has 3 rings (SSSR count). The SMILES string of the molecule is N#CC1CC(F)CN1C(=O)CNC(=O)c1ccnc2cc(SF)ccc12. The van der Waals surface area contributed by atoms with E-state index in [1.54, 1.807) is 6.07 Å². The quantitative estimate of drug-likeness (QED) is 0.886. The number of nitriles is 1. The van der Waals surface area contributed by atoms with Crippen LogP contribution in [0.15, 0.2) is 35.4 Å². The zero-order valence-corrected chi connectivity index (χ0v) is 14.3. The van der Waals surface area contributed by atoms with Crippen molar-refractivity contribution < 1.29 is 17.9 Å². The monoisotopic (exact) mass is 376 g/mol. The van der Waals surface area contributed by atoms with E-state index in [9.17, 15) is 17.9 Å². The highest BCUT2D eigenvalue weighted by Crippen LogP contribution is 2.25. The van der Waals surface area contributed by atoms with Crippen molar-refractivity contribution in [1.82, 2.24) is 15.2 Å². The standard InChI is InChI=1S/C17H14F2N4O2S/c18-10-5-11(7-20)23(9-10)16(24)8-22-17(25)14-3-4-21-15-6-12(26-19)1-2-13(14)15/h1-4,6,10-11H,5,8-9H2,(H,22,25). The first kappa shape index (κ1) is 18.1. The summed E-state index contributed by atoms with van der Waals surface area (Å²) in [5, 5.41) is 12.0. The molecule has 6 nitrogen and oxygen atoms in total. The van der Waals surface area contributed by atoms with Crippen molar-refractivity contribution in [3.8, 4) is 6.07 Å². The Morgan fingerprint density at radius 1 is 1.42 bits per heavy atom. The van der Waals surface area contributed by atoms with Crippen molar-refractivity contribution in [1.29, 1.82) is 5.26 Å². The maximum atomic E-state index is 13.4. The minimum absolute atomic E-state index is 0.0138. The van der Waals surface area contributed by atoms with Gasteiger partial charge in [-0.05, 0) is 18.2 Å². The van der Waals surface area contributed by atoms with Gasteiger partial charge in [-0.2, -0.15) is 9.15 Å². The maximum absolute atomic E-state index is 13.4. The molecule has 134 valence electrons. The fourth-order valence-electron chi connectivity index (χ4n) is 2.91. The second-order valence-corrected chi connectivity index (χ2v) is 6.45. The van der Waals surface area contributed by atoms with Gasteiger partial charge in [0.2, 0.25) is 5.91 Å². The number of likely N-dealkylation sites (tertiary alicyclic amines) is 1. The van der Waals surface area contributed by atoms with Crippen molar-refractivity contribution >= 4 is 34.9 Å². The molecule has 0 spiro atoms. The van der Waals surface area contributed by atoms with Crippen LogP contribution < -0.4 is 5.32 Å². The normalized spacial score (nSPS) is 19.3. The lowest BCUT2D eigenvalue weighted by molar-refractivity contribution is -0.130. The van der Waals surface area contributed by atoms with Gasteiger partial charge in [0.1, 0.15) is 12.2 Å². The van der Waals surface area contributed by atoms with Crippen LogP contribution >= 0.6 is 12.1 Å². The Balaban J connectivity index is 1.72. The van der Waals surface area contributed by atoms with Crippen molar-refractivity contribution in [2.45, 2.75) is 23.5 Å². The summed E-state index contributed by atoms with van der Waals surface area (Å²) in [5.41, 5.74) is 0.746. The fraction of sp³-hybridized carbons (Fsp3) is 0.294. The fourth-order valence-corrected chi connectivity index (χ4v) is 3.18. The smallest absolute Gasteiger partial charge is 0.252 e. The largest absolute Gasteiger partial charge is 0.343 e. The predicted molar refractivity (Wildman–Crippen MR) is 91.7 cm³/mol. The molecule has 1 saturated heterocycles. The average Bonchev–Trinajstić information content (AvgIpc) is 3.05. The molecule has 1 aliphatic heterocycles. The van der Waals surface area contributed by atoms with Gasteiger partial charge in [-0.25, -0.2) is 4.39 Å². The summed E-state index contributed by atoms with van der Waals surface area (Å²) in [6.45, 7) is -0.485. The number of hydrogen-bond acceptors (Lipinski definition) is 5. The molecule has 2 unspecified atom stereocenters. The van der Waals surface area contributed by atoms with E-state index in [2.05, 4.69) is 10.3 Å². The molecule has 9 heteroatoms. The number of amides is 2. The number of alkyl halides is 1. The minimum Gasteiger partial charge on any atom is -0.343 e. The molecule has 1 aromatic heterocycles. The topological polar surface area (TPSA) is 86.1 Å². The number of halogens is 2. The first-order chi connectivity index (χ1) is 12.5. The Hall–Kier alpha value is -2.73. The molecular formula is C17H14F2N4O2S. The molecule has 0 radical (unpaired) electrons. The van der Waals surface area contributed by atoms with Crippen LogP contribution in [0.3, 0.4) is 0 Å². The van der Waals surface area contributed by atoms with Gasteiger partial charge in [0.15, 0.2) is 0 Å². The zero-order chi connectivity index (χ0) is 18.7. The number of nitrogens with zero attached hydrogens (tertiary/aromatic N) is 3. The third-order valence-corrected chi connectivity index (χ3v) is 4.60. The Morgan fingerprint density at radius 3 is 2.96 bits per heavy atom. The Morgan fingerprint density at radius 2 is 2.23 bits per heavy atom. The van der Waals surface area contributed by atoms with Gasteiger partial charge in [0.05, 0.1) is 42.4 Å². The Bertz CT molecular complexity index is 902. The van der Waals surface area contributed by atoms with Crippen molar-refractivity contribution in [3.05, 3.63) is 36.0 Å². The van der Waals surface area contributed by atoms with Crippen LogP contribution in [0.2, 0.25) is 0 Å². The second kappa shape index (κ2) is 7.66. The Labute approximate surface area is 152 Å². The molecule has 2 atom stereocenters. The van der Waals surface area contributed by atoms with Crippen LogP contribution in [0, 0.1) is 11.3 Å². The van der Waals surface area contributed by atoms with Crippen molar-refractivity contribution in [2.24, 2.45) is 0 Å². The highest BCUT2D eigenvalue weighted by Gasteiger charge is 2.35. The molecule has 1 N–H and O–H groups in total. The van der Waals surface area contributed by atoms with E-state index in [-0.39, 0.29) is 31.7 Å². The Kier molecular flexibility index (Phi) is 5.32. The minimum atomic E-state index is -1.23. The molecule has 2 amide bonds. The zero-order valence-electron chi connectivity index (χ0n) is 13.5. The van der Waals surface area contributed by atoms with Crippen LogP contribution in [0.5, 0.6) is 0 Å². The lowest BCUT2D eigenvalue weighted by Crippen LogP contribution is -2.42. The van der Waals surface area contributed by atoms with Crippen LogP contribution in [0.1, 0.15) is 16.8 Å². The molecule has 26 heavy (non-hydrogen) atoms. The lowest BCUT2D eigenvalue weighted by Gasteiger charge is -2.19. The van der Waals surface area contributed by atoms with Crippen molar-refractivity contribution in [3.63, 3.8) is 0 Å². The molecule has 1 fully saturated rings. The molecule has 0 aliphatic carbocycles. The summed E-state index contributed by atoms with van der Waals surface area (Å²) in [6.07, 6.45) is 0.178. The van der Waals surface area contributed by atoms with E-state index in [1.807, 2.05) is 6.07 Å². The number of aromatic nitrogens is 1. The highest BCUT2D eigenvalue weighted by atomic mass is 32.2. The predicted octanol–water partition coefficient (Wildman–Crippen LogP) is 2.40. The maximum Gasteiger partial charge on any atom is 0.252 e. The van der Waals surface area contributed by atoms with Gasteiger partial charge in [0.25, 0.3) is 5.91 Å². The number of rotatable bonds is 4. The summed E-state index contributed by atoms with van der Waals surface area (Å²) < 4.78 is 26.1. The molecule has 0 saturated carbocycles. The number of pyridine rings is 1. The van der Waals surface area contributed by atoms with E-state index in [0.717, 1.165) is 4.90 Å². The number of benzene rings is 1. The number of nitrogens with one attached hydrogen (secondary N) is 1. The van der Waals surface area contributed by atoms with Gasteiger partial charge in [-0.15, -0.1) is 0 Å². The number of carbonyl (C=O) groups is 2. The number of hydrogen-bond donors (Lipinski definition) is 1. The van der Waals surface area contributed by atoms with Gasteiger partial charge < -0.3 is 10.2 Å². The lowest BCUT2D eigenvalue weighted by atomic mass is 10.1. The molecule has 1 aromatic carbocycles. The summed E-state index contributed by atoms with van der Waals surface area (Å²) >= 11 is 0.0809. The van der Waals surface area contributed by atoms with E-state index < -0.39 is 24.0 Å². The number of carbonyl (C=O) groups excluding carboxylic acids is 2. The van der Waals surface area contributed by atoms with E-state index in [1.165, 1.54) is 24.4 Å². The molecule has 2 aromatic rings. The summed E-state index contributed by atoms with van der Waals surface area (Å²) in [7, 11) is 0. The summed E-state index contributed by atoms with van der Waals surface area (Å²) in [5.74, 6) is -1.02. The highest BCUT2D eigenvalue weighted by molar-refractivity contribution is 7.94. The van der Waals surface area contributed by atoms with Gasteiger partial charge >= 0.3 is 0 Å². The third kappa shape index (κ3) is 3.60. The van der Waals surface area contributed by atoms with Crippen LogP contribution in [0.25, 0.3) is 10.9 Å². The average molecular weight is 376 g/mol. The van der Waals surface area contributed by atoms with Gasteiger partial charge in [0, 0.05) is 22.9 Å². The van der Waals surface area contributed by atoms with Gasteiger partial charge in [-0.1, -0.05) is 6.07 Å². The third-order valence-electron chi connectivity index (χ3n) is 4.17. The summed E-state index contributed by atoms with van der Waals surface area (Å²) in [6, 6.07) is 7.21. The molecule has 2 heterocycles. The van der Waals surface area contributed by atoms with E-state index in [4.69, 9.17) is 5.26 Å². The molecule has 1 aliphatic rings. The first-order valence-corrected chi connectivity index (χ1v) is 8.54. The van der Waals surface area contributed by atoms with Crippen LogP contribution in [-0.2, 0) is 4.79 Å². The van der Waals surface area contributed by atoms with Gasteiger partial charge in [-0.3, -0.25) is 14.6 Å². The van der Waals surface area contributed by atoms with Crippen LogP contribution in [0.4, 0.5) is 8.28 Å². The number of fused-ring (bicyclic) bond motifs is 1. The van der Waals surface area contributed by atoms with Crippen LogP contribution in [-0.4, -0.2) is 47.0 Å². The van der Waals surface area contributed by atoms with Crippen molar-refractivity contribution in [2.75, 3.05) is 13.1 Å². The molecule has 0 bridgehead atoms. The first-order valence-electron chi connectivity index (χ1n) is 7.82. The van der Waals surface area contributed by atoms with E-state index >= 15 is 0 Å².